The van der Waals surface area contributed by atoms with E-state index in [4.69, 9.17) is 23.1 Å². The molecule has 126 valence electrons. The Kier molecular flexibility index (Phi) is 5.53. The minimum absolute atomic E-state index is 0.0177. The summed E-state index contributed by atoms with van der Waals surface area (Å²) in [6.07, 6.45) is 1.07. The van der Waals surface area contributed by atoms with Crippen molar-refractivity contribution in [3.8, 4) is 0 Å². The summed E-state index contributed by atoms with van der Waals surface area (Å²) in [5.41, 5.74) is 10.4. The molecule has 0 aromatic heterocycles. The zero-order chi connectivity index (χ0) is 17.9. The quantitative estimate of drug-likeness (QED) is 0.618. The van der Waals surface area contributed by atoms with Gasteiger partial charge in [-0.2, -0.15) is 4.99 Å². The van der Waals surface area contributed by atoms with E-state index in [9.17, 15) is 13.2 Å². The monoisotopic (exact) mass is 383 g/mol. The fourth-order valence-electron chi connectivity index (χ4n) is 1.85. The predicted molar refractivity (Wildman–Crippen MR) is 95.3 cm³/mol. The van der Waals surface area contributed by atoms with Crippen LogP contribution in [0.3, 0.4) is 0 Å². The van der Waals surface area contributed by atoms with Crippen molar-refractivity contribution in [3.63, 3.8) is 0 Å². The zero-order valence-corrected chi connectivity index (χ0v) is 15.0. The van der Waals surface area contributed by atoms with Crippen LogP contribution in [0.25, 0.3) is 0 Å². The van der Waals surface area contributed by atoms with E-state index in [1.165, 1.54) is 30.0 Å². The summed E-state index contributed by atoms with van der Waals surface area (Å²) in [5, 5.41) is 0.542. The fraction of sp³-hybridized carbons (Fsp3) is 0.0667. The summed E-state index contributed by atoms with van der Waals surface area (Å²) in [7, 11) is -3.57. The third-order valence-corrected chi connectivity index (χ3v) is 5.41. The van der Waals surface area contributed by atoms with E-state index in [0.29, 0.717) is 9.92 Å². The van der Waals surface area contributed by atoms with Crippen molar-refractivity contribution in [2.75, 3.05) is 6.26 Å². The first-order chi connectivity index (χ1) is 11.2. The lowest BCUT2D eigenvalue weighted by Crippen LogP contribution is -2.24. The van der Waals surface area contributed by atoms with Crippen molar-refractivity contribution in [1.29, 1.82) is 0 Å². The Hall–Kier alpha value is -2.03. The maximum atomic E-state index is 12.1. The molecule has 2 aromatic rings. The average Bonchev–Trinajstić information content (AvgIpc) is 2.45. The maximum absolute atomic E-state index is 12.1. The fourth-order valence-corrected chi connectivity index (χ4v) is 4.35. The molecule has 6 nitrogen and oxygen atoms in total. The minimum Gasteiger partial charge on any atom is -0.370 e. The number of amides is 1. The van der Waals surface area contributed by atoms with Crippen LogP contribution < -0.4 is 11.5 Å². The molecule has 1 amide bonds. The summed E-state index contributed by atoms with van der Waals surface area (Å²) in [5.74, 6) is -1.10. The second kappa shape index (κ2) is 7.25. The molecule has 0 unspecified atom stereocenters. The molecular weight excluding hydrogens is 370 g/mol. The van der Waals surface area contributed by atoms with Gasteiger partial charge in [-0.3, -0.25) is 4.79 Å². The van der Waals surface area contributed by atoms with Gasteiger partial charge in [0, 0.05) is 26.6 Å². The van der Waals surface area contributed by atoms with E-state index in [0.717, 1.165) is 11.2 Å². The molecule has 0 bridgehead atoms. The molecule has 0 aliphatic rings. The molecule has 0 radical (unpaired) electrons. The molecular formula is C15H14ClN3O3S2. The van der Waals surface area contributed by atoms with Crippen molar-refractivity contribution in [1.82, 2.24) is 0 Å². The standard InChI is InChI=1S/C15H14ClN3O3S2/c1-24(21,22)13-7-9(14(20)19-15(17)18)5-6-12(13)23-11-4-2-3-10(16)8-11/h2-8H,1H3,(H4,17,18,19,20). The SMILES string of the molecule is CS(=O)(=O)c1cc(C(=O)N=C(N)N)ccc1Sc1cccc(Cl)c1. The Morgan fingerprint density at radius 1 is 1.17 bits per heavy atom. The van der Waals surface area contributed by atoms with Gasteiger partial charge in [0.1, 0.15) is 0 Å². The van der Waals surface area contributed by atoms with E-state index in [1.54, 1.807) is 24.3 Å². The molecule has 9 heteroatoms. The predicted octanol–water partition coefficient (Wildman–Crippen LogP) is 2.31. The summed E-state index contributed by atoms with van der Waals surface area (Å²) in [4.78, 5) is 16.6. The molecule has 24 heavy (non-hydrogen) atoms. The van der Waals surface area contributed by atoms with Gasteiger partial charge < -0.3 is 11.5 Å². The Balaban J connectivity index is 2.49. The van der Waals surface area contributed by atoms with Crippen molar-refractivity contribution in [2.45, 2.75) is 14.7 Å². The van der Waals surface area contributed by atoms with E-state index < -0.39 is 21.7 Å². The lowest BCUT2D eigenvalue weighted by molar-refractivity contribution is 0.100. The van der Waals surface area contributed by atoms with Crippen LogP contribution >= 0.6 is 23.4 Å². The van der Waals surface area contributed by atoms with Crippen LogP contribution in [0.15, 0.2) is 62.1 Å². The third kappa shape index (κ3) is 4.73. The highest BCUT2D eigenvalue weighted by Gasteiger charge is 2.18. The van der Waals surface area contributed by atoms with Crippen LogP contribution in [0.5, 0.6) is 0 Å². The van der Waals surface area contributed by atoms with Crippen molar-refractivity contribution in [2.24, 2.45) is 16.5 Å². The second-order valence-electron chi connectivity index (χ2n) is 4.83. The van der Waals surface area contributed by atoms with Gasteiger partial charge in [-0.05, 0) is 36.4 Å². The van der Waals surface area contributed by atoms with Gasteiger partial charge in [0.05, 0.1) is 4.90 Å². The van der Waals surface area contributed by atoms with Crippen LogP contribution in [0.4, 0.5) is 0 Å². The Bertz CT molecular complexity index is 923. The zero-order valence-electron chi connectivity index (χ0n) is 12.6. The van der Waals surface area contributed by atoms with E-state index in [-0.39, 0.29) is 10.5 Å². The van der Waals surface area contributed by atoms with Gasteiger partial charge in [0.2, 0.25) is 0 Å². The number of carbonyl (C=O) groups is 1. The summed E-state index contributed by atoms with van der Waals surface area (Å²) in [6.45, 7) is 0. The number of benzene rings is 2. The number of sulfone groups is 1. The Labute approximate surface area is 148 Å². The molecule has 2 rings (SSSR count). The molecule has 2 aromatic carbocycles. The number of nitrogens with two attached hydrogens (primary N) is 2. The van der Waals surface area contributed by atoms with Crippen molar-refractivity contribution >= 4 is 45.1 Å². The molecule has 4 N–H and O–H groups in total. The van der Waals surface area contributed by atoms with Crippen LogP contribution in [0.1, 0.15) is 10.4 Å². The van der Waals surface area contributed by atoms with Gasteiger partial charge in [-0.1, -0.05) is 29.4 Å². The molecule has 0 spiro atoms. The molecule has 0 aliphatic carbocycles. The Morgan fingerprint density at radius 3 is 2.46 bits per heavy atom. The van der Waals surface area contributed by atoms with E-state index in [2.05, 4.69) is 4.99 Å². The first kappa shape index (κ1) is 18.3. The highest BCUT2D eigenvalue weighted by atomic mass is 35.5. The highest BCUT2D eigenvalue weighted by Crippen LogP contribution is 2.34. The maximum Gasteiger partial charge on any atom is 0.280 e. The van der Waals surface area contributed by atoms with Gasteiger partial charge >= 0.3 is 0 Å². The molecule has 0 saturated carbocycles. The minimum atomic E-state index is -3.57. The van der Waals surface area contributed by atoms with Gasteiger partial charge in [0.15, 0.2) is 15.8 Å². The van der Waals surface area contributed by atoms with E-state index in [1.807, 2.05) is 0 Å². The van der Waals surface area contributed by atoms with Crippen molar-refractivity contribution in [3.05, 3.63) is 53.1 Å². The number of rotatable bonds is 4. The molecule has 0 heterocycles. The van der Waals surface area contributed by atoms with Crippen molar-refractivity contribution < 1.29 is 13.2 Å². The third-order valence-electron chi connectivity index (χ3n) is 2.84. The number of guanidine groups is 1. The molecule has 0 atom stereocenters. The first-order valence-electron chi connectivity index (χ1n) is 6.58. The number of carbonyl (C=O) groups excluding carboxylic acids is 1. The number of nitrogens with zero attached hydrogens (tertiary/aromatic N) is 1. The van der Waals surface area contributed by atoms with Gasteiger partial charge in [-0.25, -0.2) is 8.42 Å². The number of halogens is 1. The molecule has 0 aliphatic heterocycles. The second-order valence-corrected chi connectivity index (χ2v) is 8.37. The lowest BCUT2D eigenvalue weighted by atomic mass is 10.2. The first-order valence-corrected chi connectivity index (χ1v) is 9.67. The summed E-state index contributed by atoms with van der Waals surface area (Å²) < 4.78 is 24.1. The largest absolute Gasteiger partial charge is 0.370 e. The number of hydrogen-bond acceptors (Lipinski definition) is 4. The number of hydrogen-bond donors (Lipinski definition) is 2. The lowest BCUT2D eigenvalue weighted by Gasteiger charge is -2.09. The van der Waals surface area contributed by atoms with Crippen LogP contribution in [-0.2, 0) is 9.84 Å². The van der Waals surface area contributed by atoms with Crippen LogP contribution in [-0.4, -0.2) is 26.5 Å². The number of aliphatic imine (C=N–C) groups is 1. The summed E-state index contributed by atoms with van der Waals surface area (Å²) >= 11 is 7.17. The topological polar surface area (TPSA) is 116 Å². The smallest absolute Gasteiger partial charge is 0.280 e. The van der Waals surface area contributed by atoms with Gasteiger partial charge in [-0.15, -0.1) is 0 Å². The van der Waals surface area contributed by atoms with E-state index >= 15 is 0 Å². The molecule has 0 saturated heterocycles. The van der Waals surface area contributed by atoms with Gasteiger partial charge in [0.25, 0.3) is 5.91 Å². The van der Waals surface area contributed by atoms with Crippen LogP contribution in [0, 0.1) is 0 Å². The normalized spacial score (nSPS) is 11.1. The highest BCUT2D eigenvalue weighted by molar-refractivity contribution is 8.00. The van der Waals surface area contributed by atoms with Crippen LogP contribution in [0.2, 0.25) is 5.02 Å². The molecule has 0 fully saturated rings. The Morgan fingerprint density at radius 2 is 1.88 bits per heavy atom. The summed E-state index contributed by atoms with van der Waals surface area (Å²) in [6, 6.07) is 11.3. The average molecular weight is 384 g/mol.